The number of anilines is 1. The largest absolute Gasteiger partial charge is 0.462 e. The van der Waals surface area contributed by atoms with Gasteiger partial charge in [0.1, 0.15) is 0 Å². The number of nitrogens with zero attached hydrogens (tertiary/aromatic N) is 2. The number of fused-ring (bicyclic) bond motifs is 1. The zero-order valence-corrected chi connectivity index (χ0v) is 19.3. The van der Waals surface area contributed by atoms with Gasteiger partial charge in [-0.3, -0.25) is 4.79 Å². The van der Waals surface area contributed by atoms with Gasteiger partial charge in [0.05, 0.1) is 17.9 Å². The quantitative estimate of drug-likeness (QED) is 0.359. The van der Waals surface area contributed by atoms with Gasteiger partial charge in [-0.15, -0.1) is 0 Å². The summed E-state index contributed by atoms with van der Waals surface area (Å²) in [5, 5.41) is 0. The molecule has 34 heavy (non-hydrogen) atoms. The molecule has 5 rings (SSSR count). The highest BCUT2D eigenvalue weighted by Crippen LogP contribution is 2.32. The maximum atomic E-state index is 13.5. The van der Waals surface area contributed by atoms with Gasteiger partial charge in [-0.05, 0) is 61.7 Å². The number of para-hydroxylation sites is 1. The number of carbonyl (C=O) groups is 2. The van der Waals surface area contributed by atoms with Gasteiger partial charge in [-0.1, -0.05) is 54.6 Å². The molecular formula is C29H26N2O3. The topological polar surface area (TPSA) is 51.5 Å². The van der Waals surface area contributed by atoms with Crippen LogP contribution in [0, 0.1) is 6.92 Å². The van der Waals surface area contributed by atoms with E-state index in [0.29, 0.717) is 24.3 Å². The fourth-order valence-electron chi connectivity index (χ4n) is 4.66. The van der Waals surface area contributed by atoms with Crippen molar-refractivity contribution in [1.29, 1.82) is 0 Å². The molecule has 2 heterocycles. The minimum atomic E-state index is -0.350. The second kappa shape index (κ2) is 9.02. The van der Waals surface area contributed by atoms with E-state index in [1.165, 1.54) is 5.56 Å². The van der Waals surface area contributed by atoms with Gasteiger partial charge in [-0.2, -0.15) is 0 Å². The molecule has 0 spiro atoms. The van der Waals surface area contributed by atoms with E-state index in [4.69, 9.17) is 4.74 Å². The smallest absolute Gasteiger partial charge is 0.339 e. The molecule has 1 aromatic heterocycles. The Morgan fingerprint density at radius 2 is 1.68 bits per heavy atom. The number of hydrogen-bond acceptors (Lipinski definition) is 3. The molecule has 0 saturated heterocycles. The summed E-state index contributed by atoms with van der Waals surface area (Å²) in [6, 6.07) is 27.4. The molecular weight excluding hydrogens is 424 g/mol. The zero-order chi connectivity index (χ0) is 23.7. The summed E-state index contributed by atoms with van der Waals surface area (Å²) in [5.74, 6) is -0.375. The van der Waals surface area contributed by atoms with Crippen LogP contribution in [0.4, 0.5) is 5.69 Å². The number of rotatable bonds is 5. The summed E-state index contributed by atoms with van der Waals surface area (Å²) in [7, 11) is 0. The van der Waals surface area contributed by atoms with Gasteiger partial charge in [0.25, 0.3) is 5.91 Å². The Labute approximate surface area is 199 Å². The molecule has 0 fully saturated rings. The van der Waals surface area contributed by atoms with Crippen LogP contribution in [0.25, 0.3) is 16.9 Å². The molecule has 1 aliphatic heterocycles. The monoisotopic (exact) mass is 450 g/mol. The summed E-state index contributed by atoms with van der Waals surface area (Å²) in [6.45, 7) is 4.69. The Hall–Kier alpha value is -4.12. The number of ether oxygens (including phenoxy) is 1. The van der Waals surface area contributed by atoms with Crippen molar-refractivity contribution in [3.8, 4) is 16.9 Å². The first-order valence-electron chi connectivity index (χ1n) is 11.5. The first-order chi connectivity index (χ1) is 16.6. The highest BCUT2D eigenvalue weighted by molar-refractivity contribution is 6.07. The van der Waals surface area contributed by atoms with Crippen LogP contribution in [-0.2, 0) is 11.2 Å². The number of aromatic nitrogens is 1. The first-order valence-corrected chi connectivity index (χ1v) is 11.5. The lowest BCUT2D eigenvalue weighted by Gasteiger charge is -2.19. The normalized spacial score (nSPS) is 12.5. The van der Waals surface area contributed by atoms with Crippen molar-refractivity contribution in [2.75, 3.05) is 18.1 Å². The lowest BCUT2D eigenvalue weighted by atomic mass is 10.1. The van der Waals surface area contributed by atoms with Gasteiger partial charge in [-0.25, -0.2) is 4.79 Å². The van der Waals surface area contributed by atoms with Crippen LogP contribution in [0.3, 0.4) is 0 Å². The lowest BCUT2D eigenvalue weighted by Crippen LogP contribution is -2.28. The van der Waals surface area contributed by atoms with Crippen molar-refractivity contribution >= 4 is 17.6 Å². The van der Waals surface area contributed by atoms with Crippen molar-refractivity contribution in [3.63, 3.8) is 0 Å². The standard InChI is InChI=1S/C29H26N2O3/c1-3-34-29(33)25-19-27(21-10-5-4-6-11-21)31(20(25)2)24-14-9-13-23(18-24)28(32)30-17-16-22-12-7-8-15-26(22)30/h4-15,18-19H,3,16-17H2,1-2H3. The van der Waals surface area contributed by atoms with E-state index in [0.717, 1.165) is 34.7 Å². The van der Waals surface area contributed by atoms with E-state index in [2.05, 4.69) is 6.07 Å². The van der Waals surface area contributed by atoms with Crippen LogP contribution in [0.15, 0.2) is 84.9 Å². The molecule has 3 aromatic carbocycles. The van der Waals surface area contributed by atoms with Crippen molar-refractivity contribution in [2.45, 2.75) is 20.3 Å². The number of hydrogen-bond donors (Lipinski definition) is 0. The summed E-state index contributed by atoms with van der Waals surface area (Å²) < 4.78 is 7.32. The number of esters is 1. The predicted molar refractivity (Wildman–Crippen MR) is 134 cm³/mol. The highest BCUT2D eigenvalue weighted by atomic mass is 16.5. The molecule has 5 heteroatoms. The third kappa shape index (κ3) is 3.79. The Kier molecular flexibility index (Phi) is 5.76. The Morgan fingerprint density at radius 1 is 0.912 bits per heavy atom. The zero-order valence-electron chi connectivity index (χ0n) is 19.3. The molecule has 0 radical (unpaired) electrons. The maximum Gasteiger partial charge on any atom is 0.339 e. The molecule has 0 N–H and O–H groups in total. The third-order valence-electron chi connectivity index (χ3n) is 6.30. The van der Waals surface area contributed by atoms with Gasteiger partial charge >= 0.3 is 5.97 Å². The number of benzene rings is 3. The molecule has 1 amide bonds. The third-order valence-corrected chi connectivity index (χ3v) is 6.30. The van der Waals surface area contributed by atoms with E-state index in [9.17, 15) is 9.59 Å². The SMILES string of the molecule is CCOC(=O)c1cc(-c2ccccc2)n(-c2cccc(C(=O)N3CCc4ccccc43)c2)c1C. The molecule has 0 bridgehead atoms. The maximum absolute atomic E-state index is 13.5. The minimum Gasteiger partial charge on any atom is -0.462 e. The van der Waals surface area contributed by atoms with Crippen LogP contribution in [0.2, 0.25) is 0 Å². The van der Waals surface area contributed by atoms with Crippen LogP contribution in [0.5, 0.6) is 0 Å². The van der Waals surface area contributed by atoms with E-state index < -0.39 is 0 Å². The fourth-order valence-corrected chi connectivity index (χ4v) is 4.66. The molecule has 1 aliphatic rings. The lowest BCUT2D eigenvalue weighted by molar-refractivity contribution is 0.0525. The predicted octanol–water partition coefficient (Wildman–Crippen LogP) is 5.83. The molecule has 0 saturated carbocycles. The Bertz CT molecular complexity index is 1370. The Balaban J connectivity index is 1.59. The van der Waals surface area contributed by atoms with Crippen LogP contribution in [-0.4, -0.2) is 29.6 Å². The van der Waals surface area contributed by atoms with E-state index in [-0.39, 0.29) is 11.9 Å². The fraction of sp³-hybridized carbons (Fsp3) is 0.172. The number of amides is 1. The van der Waals surface area contributed by atoms with Crippen molar-refractivity contribution in [2.24, 2.45) is 0 Å². The molecule has 170 valence electrons. The summed E-state index contributed by atoms with van der Waals surface area (Å²) >= 11 is 0. The Morgan fingerprint density at radius 3 is 2.47 bits per heavy atom. The summed E-state index contributed by atoms with van der Waals surface area (Å²) in [6.07, 6.45) is 0.860. The van der Waals surface area contributed by atoms with Crippen molar-refractivity contribution < 1.29 is 14.3 Å². The van der Waals surface area contributed by atoms with Gasteiger partial charge < -0.3 is 14.2 Å². The average Bonchev–Trinajstić information content (AvgIpc) is 3.46. The van der Waals surface area contributed by atoms with E-state index >= 15 is 0 Å². The van der Waals surface area contributed by atoms with Crippen LogP contribution < -0.4 is 4.90 Å². The second-order valence-corrected chi connectivity index (χ2v) is 8.34. The molecule has 0 atom stereocenters. The van der Waals surface area contributed by atoms with Gasteiger partial charge in [0.2, 0.25) is 0 Å². The van der Waals surface area contributed by atoms with Crippen molar-refractivity contribution in [1.82, 2.24) is 4.57 Å². The van der Waals surface area contributed by atoms with E-state index in [1.807, 2.05) is 95.3 Å². The highest BCUT2D eigenvalue weighted by Gasteiger charge is 2.26. The molecule has 4 aromatic rings. The number of carbonyl (C=O) groups excluding carboxylic acids is 2. The average molecular weight is 451 g/mol. The summed E-state index contributed by atoms with van der Waals surface area (Å²) in [5.41, 5.74) is 6.75. The van der Waals surface area contributed by atoms with E-state index in [1.54, 1.807) is 6.92 Å². The van der Waals surface area contributed by atoms with Crippen LogP contribution >= 0.6 is 0 Å². The minimum absolute atomic E-state index is 0.0245. The molecule has 0 unspecified atom stereocenters. The molecule has 0 aliphatic carbocycles. The summed E-state index contributed by atoms with van der Waals surface area (Å²) in [4.78, 5) is 28.0. The van der Waals surface area contributed by atoms with Gasteiger partial charge in [0.15, 0.2) is 0 Å². The van der Waals surface area contributed by atoms with Crippen molar-refractivity contribution in [3.05, 3.63) is 107 Å². The molecule has 5 nitrogen and oxygen atoms in total. The first kappa shape index (κ1) is 21.7. The van der Waals surface area contributed by atoms with Crippen LogP contribution in [0.1, 0.15) is 38.9 Å². The second-order valence-electron chi connectivity index (χ2n) is 8.34. The van der Waals surface area contributed by atoms with Gasteiger partial charge in [0, 0.05) is 29.2 Å².